The Morgan fingerprint density at radius 1 is 1.11 bits per heavy atom. The molecule has 0 spiro atoms. The predicted octanol–water partition coefficient (Wildman–Crippen LogP) is 2.72. The Balaban J connectivity index is 1.70. The molecule has 1 aromatic carbocycles. The van der Waals surface area contributed by atoms with Gasteiger partial charge in [-0.1, -0.05) is 39.0 Å². The largest absolute Gasteiger partial charge is 0.504 e. The minimum absolute atomic E-state index is 0.173. The van der Waals surface area contributed by atoms with Crippen molar-refractivity contribution < 1.29 is 14.7 Å². The topological polar surface area (TPSA) is 109 Å². The zero-order valence-corrected chi connectivity index (χ0v) is 16.8. The summed E-state index contributed by atoms with van der Waals surface area (Å²) in [6, 6.07) is 9.06. The first-order valence-electron chi connectivity index (χ1n) is 8.59. The Kier molecular flexibility index (Phi) is 5.19. The van der Waals surface area contributed by atoms with Crippen LogP contribution in [0.5, 0.6) is 5.75 Å². The number of carbonyl (C=O) groups excluding carboxylic acids is 2. The molecule has 2 heterocycles. The number of hydrogen-bond acceptors (Lipinski definition) is 6. The van der Waals surface area contributed by atoms with Crippen LogP contribution in [0.2, 0.25) is 0 Å². The second kappa shape index (κ2) is 7.43. The summed E-state index contributed by atoms with van der Waals surface area (Å²) < 4.78 is 1.38. The number of amides is 2. The second-order valence-corrected chi connectivity index (χ2v) is 8.23. The molecular weight excluding hydrogens is 378 g/mol. The molecule has 3 aromatic rings. The van der Waals surface area contributed by atoms with E-state index in [-0.39, 0.29) is 16.9 Å². The molecule has 0 radical (unpaired) electrons. The van der Waals surface area contributed by atoms with Gasteiger partial charge in [0.25, 0.3) is 11.8 Å². The first kappa shape index (κ1) is 19.6. The van der Waals surface area contributed by atoms with Gasteiger partial charge in [-0.15, -0.1) is 11.3 Å². The van der Waals surface area contributed by atoms with Gasteiger partial charge in [-0.05, 0) is 19.1 Å². The summed E-state index contributed by atoms with van der Waals surface area (Å²) in [6.45, 7) is 7.79. The first-order valence-corrected chi connectivity index (χ1v) is 9.41. The van der Waals surface area contributed by atoms with E-state index in [0.717, 1.165) is 5.01 Å². The number of hydrazine groups is 1. The lowest BCUT2D eigenvalue weighted by molar-refractivity contribution is 0.0843. The van der Waals surface area contributed by atoms with Crippen LogP contribution < -0.4 is 10.9 Å². The van der Waals surface area contributed by atoms with Gasteiger partial charge in [0.2, 0.25) is 0 Å². The molecule has 0 aliphatic carbocycles. The number of benzene rings is 1. The molecule has 28 heavy (non-hydrogen) atoms. The summed E-state index contributed by atoms with van der Waals surface area (Å²) in [5, 5.41) is 14.9. The van der Waals surface area contributed by atoms with E-state index >= 15 is 0 Å². The third kappa shape index (κ3) is 4.04. The first-order chi connectivity index (χ1) is 13.2. The summed E-state index contributed by atoms with van der Waals surface area (Å²) >= 11 is 1.28. The van der Waals surface area contributed by atoms with Crippen molar-refractivity contribution in [1.82, 2.24) is 25.6 Å². The Morgan fingerprint density at radius 2 is 1.75 bits per heavy atom. The summed E-state index contributed by atoms with van der Waals surface area (Å²) in [5.74, 6) is -1.49. The van der Waals surface area contributed by atoms with Crippen molar-refractivity contribution in [3.63, 3.8) is 0 Å². The maximum absolute atomic E-state index is 12.4. The third-order valence-electron chi connectivity index (χ3n) is 3.86. The van der Waals surface area contributed by atoms with E-state index in [2.05, 4.69) is 20.9 Å². The van der Waals surface area contributed by atoms with Crippen molar-refractivity contribution in [1.29, 1.82) is 0 Å². The molecule has 2 aromatic heterocycles. The quantitative estimate of drug-likeness (QED) is 0.587. The molecule has 8 nitrogen and oxygen atoms in total. The standard InChI is InChI=1S/C19H21N5O3S/c1-11-15(28-18(20-11)19(2,3)4)17(27)22-21-16(26)14-13(25)10-24(23-14)12-8-6-5-7-9-12/h5-10,25H,1-4H3,(H,21,26)(H,22,27). The van der Waals surface area contributed by atoms with Gasteiger partial charge in [0.05, 0.1) is 22.6 Å². The van der Waals surface area contributed by atoms with Crippen LogP contribution in [0, 0.1) is 6.92 Å². The zero-order chi connectivity index (χ0) is 20.5. The maximum atomic E-state index is 12.4. The molecule has 0 atom stereocenters. The number of aromatic nitrogens is 3. The van der Waals surface area contributed by atoms with Crippen molar-refractivity contribution in [3.8, 4) is 11.4 Å². The number of thiazole rings is 1. The van der Waals surface area contributed by atoms with Gasteiger partial charge in [-0.3, -0.25) is 20.4 Å². The summed E-state index contributed by atoms with van der Waals surface area (Å²) in [4.78, 5) is 29.6. The Bertz CT molecular complexity index is 1020. The van der Waals surface area contributed by atoms with Crippen LogP contribution in [0.25, 0.3) is 5.69 Å². The number of aromatic hydroxyl groups is 1. The fourth-order valence-electron chi connectivity index (χ4n) is 2.40. The smallest absolute Gasteiger partial charge is 0.294 e. The highest BCUT2D eigenvalue weighted by Gasteiger charge is 2.24. The number of nitrogens with zero attached hydrogens (tertiary/aromatic N) is 3. The van der Waals surface area contributed by atoms with E-state index in [9.17, 15) is 14.7 Å². The number of rotatable bonds is 3. The molecule has 9 heteroatoms. The van der Waals surface area contributed by atoms with Crippen LogP contribution in [-0.4, -0.2) is 31.7 Å². The third-order valence-corrected chi connectivity index (χ3v) is 5.45. The van der Waals surface area contributed by atoms with E-state index in [1.807, 2.05) is 39.0 Å². The number of para-hydroxylation sites is 1. The fraction of sp³-hybridized carbons (Fsp3) is 0.263. The lowest BCUT2D eigenvalue weighted by Gasteiger charge is -2.13. The summed E-state index contributed by atoms with van der Waals surface area (Å²) in [6.07, 6.45) is 1.33. The minimum Gasteiger partial charge on any atom is -0.504 e. The van der Waals surface area contributed by atoms with Gasteiger partial charge in [0.15, 0.2) is 11.4 Å². The molecule has 0 aliphatic heterocycles. The van der Waals surface area contributed by atoms with Gasteiger partial charge in [0, 0.05) is 5.41 Å². The van der Waals surface area contributed by atoms with Crippen molar-refractivity contribution in [2.45, 2.75) is 33.1 Å². The van der Waals surface area contributed by atoms with Gasteiger partial charge in [-0.2, -0.15) is 5.10 Å². The Morgan fingerprint density at radius 3 is 2.36 bits per heavy atom. The van der Waals surface area contributed by atoms with Crippen molar-refractivity contribution in [3.05, 3.63) is 57.8 Å². The molecule has 0 fully saturated rings. The van der Waals surface area contributed by atoms with E-state index < -0.39 is 11.8 Å². The number of carbonyl (C=O) groups is 2. The average Bonchev–Trinajstić information content (AvgIpc) is 3.23. The molecule has 3 rings (SSSR count). The van der Waals surface area contributed by atoms with Crippen LogP contribution in [-0.2, 0) is 5.41 Å². The van der Waals surface area contributed by atoms with Gasteiger partial charge in [0.1, 0.15) is 4.88 Å². The molecular formula is C19H21N5O3S. The SMILES string of the molecule is Cc1nc(C(C)(C)C)sc1C(=O)NNC(=O)c1nn(-c2ccccc2)cc1O. The number of nitrogens with one attached hydrogen (secondary N) is 2. The Hall–Kier alpha value is -3.20. The van der Waals surface area contributed by atoms with Gasteiger partial charge < -0.3 is 5.11 Å². The summed E-state index contributed by atoms with van der Waals surface area (Å²) in [5.41, 5.74) is 5.55. The number of aryl methyl sites for hydroxylation is 1. The molecule has 0 bridgehead atoms. The molecule has 0 saturated heterocycles. The van der Waals surface area contributed by atoms with E-state index in [1.54, 1.807) is 19.1 Å². The molecule has 0 aliphatic rings. The van der Waals surface area contributed by atoms with Crippen molar-refractivity contribution in [2.75, 3.05) is 0 Å². The lowest BCUT2D eigenvalue weighted by atomic mass is 9.98. The lowest BCUT2D eigenvalue weighted by Crippen LogP contribution is -2.41. The van der Waals surface area contributed by atoms with Crippen LogP contribution >= 0.6 is 11.3 Å². The van der Waals surface area contributed by atoms with Crippen LogP contribution in [0.4, 0.5) is 0 Å². The monoisotopic (exact) mass is 399 g/mol. The minimum atomic E-state index is -0.723. The summed E-state index contributed by atoms with van der Waals surface area (Å²) in [7, 11) is 0. The van der Waals surface area contributed by atoms with Gasteiger partial charge >= 0.3 is 0 Å². The molecule has 3 N–H and O–H groups in total. The fourth-order valence-corrected chi connectivity index (χ4v) is 3.42. The van der Waals surface area contributed by atoms with Crippen LogP contribution in [0.15, 0.2) is 36.5 Å². The maximum Gasteiger partial charge on any atom is 0.294 e. The van der Waals surface area contributed by atoms with Crippen molar-refractivity contribution >= 4 is 23.2 Å². The molecule has 2 amide bonds. The highest BCUT2D eigenvalue weighted by Crippen LogP contribution is 2.29. The molecule has 0 saturated carbocycles. The second-order valence-electron chi connectivity index (χ2n) is 7.23. The predicted molar refractivity (Wildman–Crippen MR) is 106 cm³/mol. The molecule has 0 unspecified atom stereocenters. The van der Waals surface area contributed by atoms with E-state index in [0.29, 0.717) is 16.3 Å². The van der Waals surface area contributed by atoms with Crippen LogP contribution in [0.1, 0.15) is 51.6 Å². The highest BCUT2D eigenvalue weighted by molar-refractivity contribution is 7.14. The normalized spacial score (nSPS) is 11.3. The van der Waals surface area contributed by atoms with E-state index in [1.165, 1.54) is 22.2 Å². The van der Waals surface area contributed by atoms with Crippen molar-refractivity contribution in [2.24, 2.45) is 0 Å². The van der Waals surface area contributed by atoms with E-state index in [4.69, 9.17) is 0 Å². The zero-order valence-electron chi connectivity index (χ0n) is 16.0. The Labute approximate surface area is 166 Å². The number of hydrogen-bond donors (Lipinski definition) is 3. The average molecular weight is 399 g/mol. The van der Waals surface area contributed by atoms with Gasteiger partial charge in [-0.25, -0.2) is 9.67 Å². The highest BCUT2D eigenvalue weighted by atomic mass is 32.1. The molecule has 146 valence electrons. The van der Waals surface area contributed by atoms with Crippen LogP contribution in [0.3, 0.4) is 0 Å².